The third kappa shape index (κ3) is 4.54. The average molecular weight is 383 g/mol. The zero-order valence-corrected chi connectivity index (χ0v) is 16.3. The van der Waals surface area contributed by atoms with E-state index in [2.05, 4.69) is 5.32 Å². The van der Waals surface area contributed by atoms with Crippen LogP contribution in [-0.4, -0.2) is 50.8 Å². The van der Waals surface area contributed by atoms with Crippen molar-refractivity contribution in [3.05, 3.63) is 59.7 Å². The molecule has 28 heavy (non-hydrogen) atoms. The number of hydrogen-bond donors (Lipinski definition) is 1. The van der Waals surface area contributed by atoms with Crippen molar-refractivity contribution in [3.63, 3.8) is 0 Å². The van der Waals surface area contributed by atoms with Gasteiger partial charge in [0.05, 0.1) is 13.7 Å². The molecule has 0 aliphatic carbocycles. The molecule has 2 amide bonds. The van der Waals surface area contributed by atoms with Gasteiger partial charge in [-0.15, -0.1) is 0 Å². The Morgan fingerprint density at radius 2 is 1.79 bits per heavy atom. The number of nitrogens with one attached hydrogen (secondary N) is 1. The van der Waals surface area contributed by atoms with Gasteiger partial charge < -0.3 is 19.7 Å². The lowest BCUT2D eigenvalue weighted by atomic mass is 10.1. The fourth-order valence-corrected chi connectivity index (χ4v) is 2.99. The molecule has 2 aromatic rings. The van der Waals surface area contributed by atoms with E-state index >= 15 is 0 Å². The molecule has 2 aromatic carbocycles. The summed E-state index contributed by atoms with van der Waals surface area (Å²) < 4.78 is 10.2. The fourth-order valence-electron chi connectivity index (χ4n) is 2.99. The van der Waals surface area contributed by atoms with Gasteiger partial charge in [-0.2, -0.15) is 0 Å². The van der Waals surface area contributed by atoms with Crippen LogP contribution in [0.3, 0.4) is 0 Å². The van der Waals surface area contributed by atoms with Gasteiger partial charge in [0.2, 0.25) is 5.91 Å². The molecule has 1 saturated heterocycles. The maximum atomic E-state index is 12.6. The molecule has 1 N–H and O–H groups in total. The van der Waals surface area contributed by atoms with Gasteiger partial charge in [-0.25, -0.2) is 4.79 Å². The summed E-state index contributed by atoms with van der Waals surface area (Å²) in [6.45, 7) is 0.756. The number of ether oxygens (including phenoxy) is 2. The van der Waals surface area contributed by atoms with E-state index in [9.17, 15) is 9.59 Å². The SMILES string of the molecule is COc1ccc(CN2C(=O)OC[C@H]2C(=O)NCc2ccc(N(C)C)cc2)cc1. The Labute approximate surface area is 164 Å². The Morgan fingerprint density at radius 1 is 1.14 bits per heavy atom. The van der Waals surface area contributed by atoms with Crippen molar-refractivity contribution in [2.45, 2.75) is 19.1 Å². The summed E-state index contributed by atoms with van der Waals surface area (Å²) in [6, 6.07) is 14.7. The van der Waals surface area contributed by atoms with Crippen molar-refractivity contribution in [1.82, 2.24) is 10.2 Å². The summed E-state index contributed by atoms with van der Waals surface area (Å²) in [5, 5.41) is 2.90. The third-order valence-corrected chi connectivity index (χ3v) is 4.71. The largest absolute Gasteiger partial charge is 0.497 e. The lowest BCUT2D eigenvalue weighted by molar-refractivity contribution is -0.125. The Hall–Kier alpha value is -3.22. The fraction of sp³-hybridized carbons (Fsp3) is 0.333. The highest BCUT2D eigenvalue weighted by molar-refractivity contribution is 5.87. The molecular weight excluding hydrogens is 358 g/mol. The van der Waals surface area contributed by atoms with E-state index in [-0.39, 0.29) is 12.5 Å². The minimum Gasteiger partial charge on any atom is -0.497 e. The van der Waals surface area contributed by atoms with Crippen LogP contribution in [0, 0.1) is 0 Å². The van der Waals surface area contributed by atoms with E-state index in [4.69, 9.17) is 9.47 Å². The van der Waals surface area contributed by atoms with E-state index in [1.165, 1.54) is 4.90 Å². The second-order valence-corrected chi connectivity index (χ2v) is 6.85. The predicted octanol–water partition coefficient (Wildman–Crippen LogP) is 2.40. The van der Waals surface area contributed by atoms with Gasteiger partial charge in [0, 0.05) is 26.3 Å². The first kappa shape index (κ1) is 19.5. The number of carbonyl (C=O) groups is 2. The maximum Gasteiger partial charge on any atom is 0.410 e. The van der Waals surface area contributed by atoms with Crippen molar-refractivity contribution < 1.29 is 19.1 Å². The first-order valence-corrected chi connectivity index (χ1v) is 9.08. The van der Waals surface area contributed by atoms with E-state index in [0.29, 0.717) is 13.1 Å². The van der Waals surface area contributed by atoms with Crippen LogP contribution in [0.15, 0.2) is 48.5 Å². The monoisotopic (exact) mass is 383 g/mol. The molecule has 7 heteroatoms. The molecule has 0 unspecified atom stereocenters. The Kier molecular flexibility index (Phi) is 6.03. The summed E-state index contributed by atoms with van der Waals surface area (Å²) in [7, 11) is 5.55. The van der Waals surface area contributed by atoms with Gasteiger partial charge in [0.15, 0.2) is 0 Å². The molecule has 0 saturated carbocycles. The molecule has 1 atom stereocenters. The van der Waals surface area contributed by atoms with Gasteiger partial charge in [-0.1, -0.05) is 24.3 Å². The highest BCUT2D eigenvalue weighted by atomic mass is 16.6. The van der Waals surface area contributed by atoms with E-state index in [0.717, 1.165) is 22.6 Å². The highest BCUT2D eigenvalue weighted by Crippen LogP contribution is 2.19. The maximum absolute atomic E-state index is 12.6. The molecule has 0 aromatic heterocycles. The summed E-state index contributed by atoms with van der Waals surface area (Å²) >= 11 is 0. The number of cyclic esters (lactones) is 1. The molecule has 1 heterocycles. The number of anilines is 1. The lowest BCUT2D eigenvalue weighted by Gasteiger charge is -2.21. The van der Waals surface area contributed by atoms with Crippen molar-refractivity contribution in [3.8, 4) is 5.75 Å². The van der Waals surface area contributed by atoms with Crippen LogP contribution in [0.4, 0.5) is 10.5 Å². The van der Waals surface area contributed by atoms with Crippen LogP contribution >= 0.6 is 0 Å². The molecule has 3 rings (SSSR count). The standard InChI is InChI=1S/C21H25N3O4/c1-23(2)17-8-4-15(5-9-17)12-22-20(25)19-14-28-21(26)24(19)13-16-6-10-18(27-3)11-7-16/h4-11,19H,12-14H2,1-3H3,(H,22,25)/t19-/m0/s1. The minimum atomic E-state index is -0.643. The first-order chi connectivity index (χ1) is 13.5. The smallest absolute Gasteiger partial charge is 0.410 e. The quantitative estimate of drug-likeness (QED) is 0.795. The number of amides is 2. The summed E-state index contributed by atoms with van der Waals surface area (Å²) in [4.78, 5) is 28.2. The molecule has 0 bridgehead atoms. The minimum absolute atomic E-state index is 0.0559. The number of nitrogens with zero attached hydrogens (tertiary/aromatic N) is 2. The molecular formula is C21H25N3O4. The number of rotatable bonds is 7. The average Bonchev–Trinajstić information content (AvgIpc) is 3.07. The first-order valence-electron chi connectivity index (χ1n) is 9.08. The molecule has 1 fully saturated rings. The van der Waals surface area contributed by atoms with Crippen LogP contribution in [0.2, 0.25) is 0 Å². The van der Waals surface area contributed by atoms with Gasteiger partial charge in [-0.05, 0) is 35.4 Å². The Bertz CT molecular complexity index is 819. The second-order valence-electron chi connectivity index (χ2n) is 6.85. The number of methoxy groups -OCH3 is 1. The predicted molar refractivity (Wildman–Crippen MR) is 106 cm³/mol. The van der Waals surface area contributed by atoms with Crippen LogP contribution in [-0.2, 0) is 22.6 Å². The van der Waals surface area contributed by atoms with E-state index in [1.54, 1.807) is 7.11 Å². The van der Waals surface area contributed by atoms with Crippen molar-refractivity contribution in [2.24, 2.45) is 0 Å². The third-order valence-electron chi connectivity index (χ3n) is 4.71. The molecule has 1 aliphatic rings. The zero-order valence-electron chi connectivity index (χ0n) is 16.3. The van der Waals surface area contributed by atoms with E-state index in [1.807, 2.05) is 67.5 Å². The number of carbonyl (C=O) groups excluding carboxylic acids is 2. The number of benzene rings is 2. The van der Waals surface area contributed by atoms with Crippen molar-refractivity contribution >= 4 is 17.7 Å². The lowest BCUT2D eigenvalue weighted by Crippen LogP contribution is -2.45. The summed E-state index contributed by atoms with van der Waals surface area (Å²) in [5.41, 5.74) is 2.98. The molecule has 0 spiro atoms. The summed E-state index contributed by atoms with van der Waals surface area (Å²) in [6.07, 6.45) is -0.480. The normalized spacial score (nSPS) is 15.9. The molecule has 148 valence electrons. The molecule has 0 radical (unpaired) electrons. The van der Waals surface area contributed by atoms with Crippen LogP contribution in [0.1, 0.15) is 11.1 Å². The number of hydrogen-bond acceptors (Lipinski definition) is 5. The van der Waals surface area contributed by atoms with Gasteiger partial charge in [-0.3, -0.25) is 9.69 Å². The van der Waals surface area contributed by atoms with E-state index < -0.39 is 12.1 Å². The molecule has 1 aliphatic heterocycles. The van der Waals surface area contributed by atoms with Gasteiger partial charge in [0.25, 0.3) is 0 Å². The van der Waals surface area contributed by atoms with Crippen molar-refractivity contribution in [1.29, 1.82) is 0 Å². The Balaban J connectivity index is 1.60. The topological polar surface area (TPSA) is 71.1 Å². The Morgan fingerprint density at radius 3 is 2.39 bits per heavy atom. The van der Waals surface area contributed by atoms with Gasteiger partial charge >= 0.3 is 6.09 Å². The van der Waals surface area contributed by atoms with Crippen LogP contribution in [0.5, 0.6) is 5.75 Å². The van der Waals surface area contributed by atoms with Crippen LogP contribution < -0.4 is 15.0 Å². The summed E-state index contributed by atoms with van der Waals surface area (Å²) in [5.74, 6) is 0.512. The highest BCUT2D eigenvalue weighted by Gasteiger charge is 2.37. The molecule has 7 nitrogen and oxygen atoms in total. The van der Waals surface area contributed by atoms with Gasteiger partial charge in [0.1, 0.15) is 18.4 Å². The zero-order chi connectivity index (χ0) is 20.1. The van der Waals surface area contributed by atoms with Crippen LogP contribution in [0.25, 0.3) is 0 Å². The van der Waals surface area contributed by atoms with Crippen molar-refractivity contribution in [2.75, 3.05) is 32.7 Å². The second kappa shape index (κ2) is 8.65.